The topological polar surface area (TPSA) is 58.4 Å². The Kier molecular flexibility index (Phi) is 6.06. The molecule has 11 heavy (non-hydrogen) atoms. The lowest BCUT2D eigenvalue weighted by molar-refractivity contribution is 0.254. The Hall–Kier alpha value is -0.420. The van der Waals surface area contributed by atoms with Gasteiger partial charge in [0.1, 0.15) is 0 Å². The lowest BCUT2D eigenvalue weighted by atomic mass is 10.5. The molecule has 0 aliphatic rings. The highest BCUT2D eigenvalue weighted by Crippen LogP contribution is 1.96. The van der Waals surface area contributed by atoms with Gasteiger partial charge in [0, 0.05) is 5.75 Å². The van der Waals surface area contributed by atoms with Crippen molar-refractivity contribution in [1.82, 2.24) is 9.62 Å². The Balaban J connectivity index is 2.97. The average Bonchev–Trinajstić information content (AvgIpc) is 1.85. The molecule has 0 rings (SSSR count). The van der Waals surface area contributed by atoms with Crippen molar-refractivity contribution < 1.29 is 4.79 Å². The molecule has 0 unspecified atom stereocenters. The van der Waals surface area contributed by atoms with Gasteiger partial charge in [-0.25, -0.2) is 4.79 Å². The first kappa shape index (κ1) is 10.6. The minimum atomic E-state index is -0.472. The van der Waals surface area contributed by atoms with Gasteiger partial charge in [0.25, 0.3) is 0 Å². The third-order valence-corrected chi connectivity index (χ3v) is 1.86. The van der Waals surface area contributed by atoms with E-state index in [4.69, 9.17) is 5.73 Å². The van der Waals surface area contributed by atoms with Crippen molar-refractivity contribution in [2.24, 2.45) is 5.73 Å². The minimum Gasteiger partial charge on any atom is -0.351 e. The van der Waals surface area contributed by atoms with Gasteiger partial charge < -0.3 is 10.6 Å². The molecule has 0 aliphatic carbocycles. The van der Waals surface area contributed by atoms with E-state index in [1.807, 2.05) is 14.1 Å². The van der Waals surface area contributed by atoms with Crippen LogP contribution in [0, 0.1) is 0 Å². The van der Waals surface area contributed by atoms with Crippen molar-refractivity contribution in [2.75, 3.05) is 26.4 Å². The Bertz CT molecular complexity index is 118. The van der Waals surface area contributed by atoms with Crippen molar-refractivity contribution in [3.63, 3.8) is 0 Å². The number of carbonyl (C=O) groups excluding carboxylic acids is 1. The molecule has 5 heteroatoms. The van der Waals surface area contributed by atoms with Gasteiger partial charge in [0.05, 0.1) is 0 Å². The number of hydrogen-bond acceptors (Lipinski definition) is 3. The number of primary amides is 1. The molecule has 0 aromatic heterocycles. The molecular formula is C6H15N3OS. The van der Waals surface area contributed by atoms with Crippen LogP contribution in [0.2, 0.25) is 0 Å². The maximum Gasteiger partial charge on any atom is 0.322 e. The third-order valence-electron chi connectivity index (χ3n) is 1.02. The predicted octanol–water partition coefficient (Wildman–Crippen LogP) is 0.255. The van der Waals surface area contributed by atoms with E-state index >= 15 is 0 Å². The van der Waals surface area contributed by atoms with Crippen LogP contribution in [0.25, 0.3) is 0 Å². The van der Waals surface area contributed by atoms with E-state index in [1.165, 1.54) is 11.9 Å². The van der Waals surface area contributed by atoms with Crippen LogP contribution in [-0.2, 0) is 0 Å². The van der Waals surface area contributed by atoms with E-state index < -0.39 is 6.03 Å². The van der Waals surface area contributed by atoms with Gasteiger partial charge >= 0.3 is 6.03 Å². The zero-order valence-electron chi connectivity index (χ0n) is 6.96. The van der Waals surface area contributed by atoms with E-state index in [0.717, 1.165) is 18.7 Å². The zero-order chi connectivity index (χ0) is 8.69. The number of nitrogens with two attached hydrogens (primary N) is 1. The first-order valence-corrected chi connectivity index (χ1v) is 4.43. The van der Waals surface area contributed by atoms with Crippen LogP contribution in [0.4, 0.5) is 4.79 Å². The largest absolute Gasteiger partial charge is 0.351 e. The number of nitrogens with zero attached hydrogens (tertiary/aromatic N) is 1. The molecule has 0 aliphatic heterocycles. The van der Waals surface area contributed by atoms with Crippen LogP contribution < -0.4 is 10.5 Å². The van der Waals surface area contributed by atoms with E-state index in [-0.39, 0.29) is 0 Å². The van der Waals surface area contributed by atoms with Crippen molar-refractivity contribution in [2.45, 2.75) is 6.42 Å². The molecule has 4 nitrogen and oxygen atoms in total. The zero-order valence-corrected chi connectivity index (χ0v) is 7.78. The summed E-state index contributed by atoms with van der Waals surface area (Å²) in [5.41, 5.74) is 4.85. The Morgan fingerprint density at radius 3 is 2.73 bits per heavy atom. The first-order valence-electron chi connectivity index (χ1n) is 3.45. The van der Waals surface area contributed by atoms with Gasteiger partial charge in [-0.15, -0.1) is 0 Å². The van der Waals surface area contributed by atoms with Crippen LogP contribution in [0.1, 0.15) is 6.42 Å². The highest BCUT2D eigenvalue weighted by atomic mass is 32.2. The molecule has 3 N–H and O–H groups in total. The minimum absolute atomic E-state index is 0.472. The Labute approximate surface area is 71.6 Å². The van der Waals surface area contributed by atoms with Crippen LogP contribution in [0.5, 0.6) is 0 Å². The third kappa shape index (κ3) is 9.58. The normalized spacial score (nSPS) is 10.1. The maximum atomic E-state index is 10.2. The second-order valence-corrected chi connectivity index (χ2v) is 3.37. The lowest BCUT2D eigenvalue weighted by Crippen LogP contribution is -2.23. The molecule has 2 amide bonds. The Morgan fingerprint density at radius 2 is 2.27 bits per heavy atom. The summed E-state index contributed by atoms with van der Waals surface area (Å²) in [4.78, 5) is 12.3. The molecule has 0 aromatic carbocycles. The maximum absolute atomic E-state index is 10.2. The fourth-order valence-corrected chi connectivity index (χ4v) is 1.09. The monoisotopic (exact) mass is 177 g/mol. The molecule has 0 heterocycles. The standard InChI is InChI=1S/C6H15N3OS/c1-9(2)4-3-5-11-8-6(7)10/h3-5H2,1-2H3,(H3,7,8,10). The number of hydrogen-bond donors (Lipinski definition) is 2. The van der Waals surface area contributed by atoms with Gasteiger partial charge in [-0.2, -0.15) is 0 Å². The summed E-state index contributed by atoms with van der Waals surface area (Å²) >= 11 is 1.35. The van der Waals surface area contributed by atoms with Gasteiger partial charge in [-0.05, 0) is 39.0 Å². The summed E-state index contributed by atoms with van der Waals surface area (Å²) in [7, 11) is 4.04. The van der Waals surface area contributed by atoms with Gasteiger partial charge in [-0.1, -0.05) is 0 Å². The molecule has 0 spiro atoms. The van der Waals surface area contributed by atoms with Crippen LogP contribution in [0.15, 0.2) is 0 Å². The number of nitrogens with one attached hydrogen (secondary N) is 1. The van der Waals surface area contributed by atoms with Crippen LogP contribution in [0.3, 0.4) is 0 Å². The average molecular weight is 177 g/mol. The molecule has 0 aromatic rings. The first-order chi connectivity index (χ1) is 5.13. The summed E-state index contributed by atoms with van der Waals surface area (Å²) in [6, 6.07) is -0.472. The van der Waals surface area contributed by atoms with Crippen molar-refractivity contribution >= 4 is 18.0 Å². The molecule has 0 bridgehead atoms. The second-order valence-electron chi connectivity index (χ2n) is 2.47. The molecular weight excluding hydrogens is 162 g/mol. The molecule has 66 valence electrons. The highest BCUT2D eigenvalue weighted by molar-refractivity contribution is 7.97. The Morgan fingerprint density at radius 1 is 1.64 bits per heavy atom. The smallest absolute Gasteiger partial charge is 0.322 e. The summed E-state index contributed by atoms with van der Waals surface area (Å²) in [6.07, 6.45) is 1.05. The molecule has 0 saturated heterocycles. The van der Waals surface area contributed by atoms with Crippen LogP contribution in [-0.4, -0.2) is 37.3 Å². The van der Waals surface area contributed by atoms with Gasteiger partial charge in [0.2, 0.25) is 0 Å². The highest BCUT2D eigenvalue weighted by Gasteiger charge is 1.93. The van der Waals surface area contributed by atoms with Crippen LogP contribution >= 0.6 is 11.9 Å². The summed E-state index contributed by atoms with van der Waals surface area (Å²) in [6.45, 7) is 1.04. The van der Waals surface area contributed by atoms with E-state index in [2.05, 4.69) is 9.62 Å². The fraction of sp³-hybridized carbons (Fsp3) is 0.833. The molecule has 0 saturated carbocycles. The second kappa shape index (κ2) is 6.30. The summed E-state index contributed by atoms with van der Waals surface area (Å²) in [5, 5.41) is 0. The number of urea groups is 1. The molecule has 0 fully saturated rings. The van der Waals surface area contributed by atoms with E-state index in [9.17, 15) is 4.79 Å². The van der Waals surface area contributed by atoms with Gasteiger partial charge in [0.15, 0.2) is 0 Å². The van der Waals surface area contributed by atoms with E-state index in [0.29, 0.717) is 0 Å². The molecule has 0 atom stereocenters. The number of rotatable bonds is 5. The van der Waals surface area contributed by atoms with Crippen molar-refractivity contribution in [3.8, 4) is 0 Å². The van der Waals surface area contributed by atoms with Gasteiger partial charge in [-0.3, -0.25) is 4.72 Å². The SMILES string of the molecule is CN(C)CCCSNC(N)=O. The van der Waals surface area contributed by atoms with Crippen molar-refractivity contribution in [3.05, 3.63) is 0 Å². The summed E-state index contributed by atoms with van der Waals surface area (Å²) in [5.74, 6) is 0.904. The predicted molar refractivity (Wildman–Crippen MR) is 48.3 cm³/mol. The number of carbonyl (C=O) groups is 1. The lowest BCUT2D eigenvalue weighted by Gasteiger charge is -2.07. The quantitative estimate of drug-likeness (QED) is 0.467. The van der Waals surface area contributed by atoms with E-state index in [1.54, 1.807) is 0 Å². The molecule has 0 radical (unpaired) electrons. The number of amides is 2. The van der Waals surface area contributed by atoms with Crippen molar-refractivity contribution in [1.29, 1.82) is 0 Å². The summed E-state index contributed by atoms with van der Waals surface area (Å²) < 4.78 is 2.46. The fourth-order valence-electron chi connectivity index (χ4n) is 0.575.